The van der Waals surface area contributed by atoms with Crippen molar-refractivity contribution in [2.45, 2.75) is 64.6 Å². The van der Waals surface area contributed by atoms with Crippen LogP contribution in [0, 0.1) is 0 Å². The second-order valence-electron chi connectivity index (χ2n) is 8.68. The Morgan fingerprint density at radius 3 is 2.22 bits per heavy atom. The van der Waals surface area contributed by atoms with Gasteiger partial charge in [0.2, 0.25) is 0 Å². The second kappa shape index (κ2) is 13.0. The molecule has 37 heavy (non-hydrogen) atoms. The fraction of sp³-hybridized carbons (Fsp3) is 0.522. The molecule has 0 saturated heterocycles. The Kier molecular flexibility index (Phi) is 10.3. The zero-order valence-corrected chi connectivity index (χ0v) is 20.8. The lowest BCUT2D eigenvalue weighted by Gasteiger charge is -2.27. The largest absolute Gasteiger partial charge is 0.493 e. The molecular formula is C23H32N4O10. The van der Waals surface area contributed by atoms with E-state index in [9.17, 15) is 19.5 Å². The highest BCUT2D eigenvalue weighted by Crippen LogP contribution is 2.30. The number of aliphatic hydroxyl groups is 2. The molecule has 2 heterocycles. The van der Waals surface area contributed by atoms with Crippen molar-refractivity contribution in [3.63, 3.8) is 0 Å². The van der Waals surface area contributed by atoms with Gasteiger partial charge in [0, 0.05) is 19.6 Å². The van der Waals surface area contributed by atoms with Crippen molar-refractivity contribution in [3.05, 3.63) is 35.4 Å². The van der Waals surface area contributed by atoms with Crippen LogP contribution in [-0.4, -0.2) is 88.5 Å². The third-order valence-electron chi connectivity index (χ3n) is 5.33. The van der Waals surface area contributed by atoms with Crippen molar-refractivity contribution < 1.29 is 49.4 Å². The van der Waals surface area contributed by atoms with E-state index in [4.69, 9.17) is 29.9 Å². The molecule has 1 aliphatic heterocycles. The number of aliphatic hydroxyl groups excluding tert-OH is 1. The summed E-state index contributed by atoms with van der Waals surface area (Å²) in [5.41, 5.74) is -1.57. The Morgan fingerprint density at radius 2 is 1.70 bits per heavy atom. The molecule has 204 valence electrons. The topological polar surface area (TPSA) is 205 Å². The molecule has 0 saturated carbocycles. The van der Waals surface area contributed by atoms with Crippen LogP contribution in [0.25, 0.3) is 0 Å². The molecule has 0 atom stereocenters. The van der Waals surface area contributed by atoms with Crippen molar-refractivity contribution >= 4 is 17.9 Å². The van der Waals surface area contributed by atoms with E-state index in [2.05, 4.69) is 21.2 Å². The lowest BCUT2D eigenvalue weighted by molar-refractivity contribution is -0.170. The van der Waals surface area contributed by atoms with Gasteiger partial charge >= 0.3 is 17.9 Å². The molecule has 0 spiro atoms. The Balaban J connectivity index is 0.000000317. The predicted molar refractivity (Wildman–Crippen MR) is 126 cm³/mol. The van der Waals surface area contributed by atoms with Crippen molar-refractivity contribution in [3.8, 4) is 11.5 Å². The van der Waals surface area contributed by atoms with Gasteiger partial charge in [0.1, 0.15) is 12.4 Å². The number of carboxylic acids is 3. The number of benzene rings is 1. The molecule has 1 aromatic heterocycles. The first-order chi connectivity index (χ1) is 17.4. The average molecular weight is 525 g/mol. The first-order valence-corrected chi connectivity index (χ1v) is 11.4. The number of carbonyl (C=O) groups is 3. The number of aromatic nitrogens is 3. The van der Waals surface area contributed by atoms with Gasteiger partial charge in [-0.05, 0) is 31.5 Å². The second-order valence-corrected chi connectivity index (χ2v) is 8.68. The normalized spacial score (nSPS) is 13.4. The monoisotopic (exact) mass is 524 g/mol. The van der Waals surface area contributed by atoms with Crippen LogP contribution < -0.4 is 9.47 Å². The van der Waals surface area contributed by atoms with Gasteiger partial charge in [-0.3, -0.25) is 14.5 Å². The molecular weight excluding hydrogens is 492 g/mol. The maximum Gasteiger partial charge on any atom is 0.336 e. The summed E-state index contributed by atoms with van der Waals surface area (Å²) in [4.78, 5) is 32.8. The van der Waals surface area contributed by atoms with E-state index in [1.165, 1.54) is 5.56 Å². The number of ether oxygens (including phenoxy) is 2. The highest BCUT2D eigenvalue weighted by molar-refractivity contribution is 5.88. The van der Waals surface area contributed by atoms with Crippen LogP contribution in [-0.2, 0) is 40.6 Å². The van der Waals surface area contributed by atoms with Gasteiger partial charge in [-0.15, -0.1) is 10.2 Å². The zero-order valence-electron chi connectivity index (χ0n) is 20.8. The highest BCUT2D eigenvalue weighted by atomic mass is 16.5. The lowest BCUT2D eigenvalue weighted by atomic mass is 9.96. The summed E-state index contributed by atoms with van der Waals surface area (Å²) in [5.74, 6) is -1.96. The van der Waals surface area contributed by atoms with Crippen LogP contribution in [0.5, 0.6) is 11.5 Å². The average Bonchev–Trinajstić information content (AvgIpc) is 3.21. The Morgan fingerprint density at radius 1 is 1.05 bits per heavy atom. The van der Waals surface area contributed by atoms with E-state index in [0.29, 0.717) is 5.82 Å². The molecule has 0 fully saturated rings. The summed E-state index contributed by atoms with van der Waals surface area (Å²) in [6, 6.07) is 6.05. The molecule has 14 nitrogen and oxygen atoms in total. The molecule has 0 aliphatic carbocycles. The Bertz CT molecular complexity index is 1090. The minimum atomic E-state index is -2.74. The van der Waals surface area contributed by atoms with E-state index >= 15 is 0 Å². The minimum absolute atomic E-state index is 0.0679. The SMILES string of the molecule is COc1cc(CN2CCn3c(CO)nnc3C2)ccc1OC(C)C.O=C(O)CC(O)(CC(=O)O)C(=O)O. The fourth-order valence-electron chi connectivity index (χ4n) is 3.65. The summed E-state index contributed by atoms with van der Waals surface area (Å²) >= 11 is 0. The molecule has 0 amide bonds. The molecule has 3 rings (SSSR count). The van der Waals surface area contributed by atoms with Gasteiger partial charge in [0.15, 0.2) is 22.9 Å². The van der Waals surface area contributed by atoms with E-state index < -0.39 is 36.4 Å². The van der Waals surface area contributed by atoms with E-state index in [1.54, 1.807) is 7.11 Å². The number of fused-ring (bicyclic) bond motifs is 1. The summed E-state index contributed by atoms with van der Waals surface area (Å²) in [6.45, 7) is 7.14. The number of rotatable bonds is 11. The lowest BCUT2D eigenvalue weighted by Crippen LogP contribution is -2.42. The van der Waals surface area contributed by atoms with Crippen LogP contribution in [0.1, 0.15) is 43.9 Å². The van der Waals surface area contributed by atoms with Crippen LogP contribution in [0.2, 0.25) is 0 Å². The summed E-state index contributed by atoms with van der Waals surface area (Å²) in [6.07, 6.45) is -2.18. The molecule has 2 aromatic rings. The standard InChI is InChI=1S/C17H24N4O3.C6H8O7/c1-12(2)24-14-5-4-13(8-15(14)23-3)9-20-6-7-21-16(10-20)18-19-17(21)11-22;7-3(8)1-6(13,5(11)12)2-4(9)10/h4-5,8,12,22H,6-7,9-11H2,1-3H3;13H,1-2H2,(H,7,8)(H,9,10)(H,11,12). The molecule has 1 aromatic carbocycles. The first-order valence-electron chi connectivity index (χ1n) is 11.4. The molecule has 5 N–H and O–H groups in total. The summed E-state index contributed by atoms with van der Waals surface area (Å²) in [7, 11) is 1.66. The molecule has 14 heteroatoms. The van der Waals surface area contributed by atoms with Gasteiger partial charge in [-0.2, -0.15) is 0 Å². The maximum absolute atomic E-state index is 10.3. The zero-order chi connectivity index (χ0) is 27.8. The summed E-state index contributed by atoms with van der Waals surface area (Å²) in [5, 5.41) is 51.3. The van der Waals surface area contributed by atoms with Crippen LogP contribution >= 0.6 is 0 Å². The molecule has 0 bridgehead atoms. The number of nitrogens with zero attached hydrogens (tertiary/aromatic N) is 4. The van der Waals surface area contributed by atoms with Crippen molar-refractivity contribution in [2.24, 2.45) is 0 Å². The van der Waals surface area contributed by atoms with E-state index in [0.717, 1.165) is 43.5 Å². The van der Waals surface area contributed by atoms with Crippen LogP contribution in [0.3, 0.4) is 0 Å². The molecule has 0 unspecified atom stereocenters. The number of methoxy groups -OCH3 is 1. The van der Waals surface area contributed by atoms with Gasteiger partial charge in [0.25, 0.3) is 0 Å². The van der Waals surface area contributed by atoms with Crippen molar-refractivity contribution in [2.75, 3.05) is 13.7 Å². The molecule has 0 radical (unpaired) electrons. The Labute approximate surface area is 212 Å². The fourth-order valence-corrected chi connectivity index (χ4v) is 3.65. The highest BCUT2D eigenvalue weighted by Gasteiger charge is 2.40. The third-order valence-corrected chi connectivity index (χ3v) is 5.33. The van der Waals surface area contributed by atoms with Crippen molar-refractivity contribution in [1.82, 2.24) is 19.7 Å². The van der Waals surface area contributed by atoms with Gasteiger partial charge in [-0.1, -0.05) is 6.07 Å². The van der Waals surface area contributed by atoms with Gasteiger partial charge in [0.05, 0.1) is 32.6 Å². The van der Waals surface area contributed by atoms with Crippen molar-refractivity contribution in [1.29, 1.82) is 0 Å². The van der Waals surface area contributed by atoms with E-state index in [1.807, 2.05) is 30.5 Å². The van der Waals surface area contributed by atoms with E-state index in [-0.39, 0.29) is 12.7 Å². The molecule has 1 aliphatic rings. The smallest absolute Gasteiger partial charge is 0.336 e. The minimum Gasteiger partial charge on any atom is -0.493 e. The first kappa shape index (κ1) is 29.5. The number of hydrogen-bond donors (Lipinski definition) is 5. The summed E-state index contributed by atoms with van der Waals surface area (Å²) < 4.78 is 13.2. The van der Waals surface area contributed by atoms with Gasteiger partial charge in [-0.25, -0.2) is 4.79 Å². The number of hydrogen-bond acceptors (Lipinski definition) is 10. The maximum atomic E-state index is 10.3. The number of aliphatic carboxylic acids is 3. The van der Waals surface area contributed by atoms with Crippen LogP contribution in [0.4, 0.5) is 0 Å². The van der Waals surface area contributed by atoms with Gasteiger partial charge < -0.3 is 39.6 Å². The third kappa shape index (κ3) is 8.41. The quantitative estimate of drug-likeness (QED) is 0.269. The van der Waals surface area contributed by atoms with Crippen LogP contribution in [0.15, 0.2) is 18.2 Å². The number of carboxylic acid groups (broad SMARTS) is 3. The predicted octanol–water partition coefficient (Wildman–Crippen LogP) is 0.334. The Hall–Kier alpha value is -3.75.